The molecule has 1 aliphatic rings. The molecule has 3 nitrogen and oxygen atoms in total. The fraction of sp³-hybridized carbons (Fsp3) is 0.923. The number of esters is 1. The molecule has 1 heterocycles. The molecule has 0 aromatic carbocycles. The Morgan fingerprint density at radius 1 is 1.44 bits per heavy atom. The molecule has 0 N–H and O–H groups in total. The summed E-state index contributed by atoms with van der Waals surface area (Å²) in [5.41, 5.74) is -0.378. The Bertz CT molecular complexity index is 217. The first kappa shape index (κ1) is 13.5. The van der Waals surface area contributed by atoms with Crippen molar-refractivity contribution in [3.05, 3.63) is 0 Å². The molecule has 1 fully saturated rings. The van der Waals surface area contributed by atoms with Gasteiger partial charge in [0.2, 0.25) is 6.29 Å². The molecule has 1 saturated heterocycles. The van der Waals surface area contributed by atoms with Crippen molar-refractivity contribution in [3.8, 4) is 0 Å². The maximum absolute atomic E-state index is 11.9. The molecule has 0 bridgehead atoms. The Hall–Kier alpha value is -0.570. The number of hydrogen-bond acceptors (Lipinski definition) is 3. The first-order valence-electron chi connectivity index (χ1n) is 6.39. The standard InChI is InChI=1S/C13H24O3/c1-4-5-9-13(2,3)12(14)16-11-8-6-7-10-15-11/h11H,4-10H2,1-3H3. The highest BCUT2D eigenvalue weighted by Gasteiger charge is 2.31. The van der Waals surface area contributed by atoms with Crippen molar-refractivity contribution in [2.45, 2.75) is 65.6 Å². The van der Waals surface area contributed by atoms with Crippen LogP contribution in [0.2, 0.25) is 0 Å². The van der Waals surface area contributed by atoms with Gasteiger partial charge >= 0.3 is 5.97 Å². The lowest BCUT2D eigenvalue weighted by molar-refractivity contribution is -0.196. The highest BCUT2D eigenvalue weighted by molar-refractivity contribution is 5.75. The van der Waals surface area contributed by atoms with Gasteiger partial charge < -0.3 is 9.47 Å². The van der Waals surface area contributed by atoms with E-state index in [1.54, 1.807) is 0 Å². The van der Waals surface area contributed by atoms with E-state index in [9.17, 15) is 4.79 Å². The van der Waals surface area contributed by atoms with Crippen LogP contribution in [0.3, 0.4) is 0 Å². The van der Waals surface area contributed by atoms with Crippen LogP contribution in [0.4, 0.5) is 0 Å². The summed E-state index contributed by atoms with van der Waals surface area (Å²) in [5, 5.41) is 0. The van der Waals surface area contributed by atoms with Crippen LogP contribution in [0, 0.1) is 5.41 Å². The van der Waals surface area contributed by atoms with Crippen LogP contribution in [0.1, 0.15) is 59.3 Å². The lowest BCUT2D eigenvalue weighted by Gasteiger charge is -2.28. The van der Waals surface area contributed by atoms with Crippen LogP contribution in [0.15, 0.2) is 0 Å². The number of ether oxygens (including phenoxy) is 2. The molecule has 0 amide bonds. The molecular formula is C13H24O3. The van der Waals surface area contributed by atoms with E-state index in [0.29, 0.717) is 6.61 Å². The lowest BCUT2D eigenvalue weighted by atomic mass is 9.87. The predicted octanol–water partition coefficient (Wildman–Crippen LogP) is 3.27. The van der Waals surface area contributed by atoms with Crippen LogP contribution < -0.4 is 0 Å². The molecule has 0 saturated carbocycles. The van der Waals surface area contributed by atoms with E-state index in [4.69, 9.17) is 9.47 Å². The van der Waals surface area contributed by atoms with Crippen LogP contribution in [0.25, 0.3) is 0 Å². The van der Waals surface area contributed by atoms with Gasteiger partial charge in [0.05, 0.1) is 12.0 Å². The fourth-order valence-electron chi connectivity index (χ4n) is 1.80. The van der Waals surface area contributed by atoms with Crippen molar-refractivity contribution in [1.82, 2.24) is 0 Å². The smallest absolute Gasteiger partial charge is 0.313 e. The quantitative estimate of drug-likeness (QED) is 0.677. The highest BCUT2D eigenvalue weighted by atomic mass is 16.7. The van der Waals surface area contributed by atoms with Gasteiger partial charge in [-0.2, -0.15) is 0 Å². The van der Waals surface area contributed by atoms with Crippen molar-refractivity contribution in [3.63, 3.8) is 0 Å². The van der Waals surface area contributed by atoms with Gasteiger partial charge in [-0.15, -0.1) is 0 Å². The predicted molar refractivity (Wildman–Crippen MR) is 63.0 cm³/mol. The molecule has 0 radical (unpaired) electrons. The van der Waals surface area contributed by atoms with Crippen molar-refractivity contribution in [1.29, 1.82) is 0 Å². The van der Waals surface area contributed by atoms with Crippen LogP contribution >= 0.6 is 0 Å². The van der Waals surface area contributed by atoms with Gasteiger partial charge in [-0.3, -0.25) is 4.79 Å². The minimum Gasteiger partial charge on any atom is -0.435 e. The third kappa shape index (κ3) is 4.12. The third-order valence-electron chi connectivity index (χ3n) is 3.08. The summed E-state index contributed by atoms with van der Waals surface area (Å²) in [5.74, 6) is -0.118. The van der Waals surface area contributed by atoms with Gasteiger partial charge in [0.15, 0.2) is 0 Å². The summed E-state index contributed by atoms with van der Waals surface area (Å²) in [6.45, 7) is 6.75. The summed E-state index contributed by atoms with van der Waals surface area (Å²) in [6.07, 6.45) is 5.76. The van der Waals surface area contributed by atoms with E-state index in [1.165, 1.54) is 0 Å². The monoisotopic (exact) mass is 228 g/mol. The summed E-state index contributed by atoms with van der Waals surface area (Å²) in [6, 6.07) is 0. The number of rotatable bonds is 5. The first-order chi connectivity index (χ1) is 7.56. The van der Waals surface area contributed by atoms with Gasteiger partial charge in [-0.1, -0.05) is 19.8 Å². The zero-order valence-electron chi connectivity index (χ0n) is 10.8. The van der Waals surface area contributed by atoms with Gasteiger partial charge in [0.25, 0.3) is 0 Å². The lowest BCUT2D eigenvalue weighted by Crippen LogP contribution is -2.33. The Kier molecular flexibility index (Phi) is 5.26. The number of unbranched alkanes of at least 4 members (excludes halogenated alkanes) is 1. The molecule has 0 aromatic rings. The van der Waals surface area contributed by atoms with E-state index in [0.717, 1.165) is 38.5 Å². The van der Waals surface area contributed by atoms with E-state index >= 15 is 0 Å². The number of carbonyl (C=O) groups is 1. The molecule has 94 valence electrons. The van der Waals surface area contributed by atoms with Gasteiger partial charge in [0.1, 0.15) is 0 Å². The first-order valence-corrected chi connectivity index (χ1v) is 6.39. The Morgan fingerprint density at radius 2 is 2.19 bits per heavy atom. The zero-order chi connectivity index (χ0) is 12.0. The zero-order valence-corrected chi connectivity index (χ0v) is 10.8. The molecule has 16 heavy (non-hydrogen) atoms. The van der Waals surface area contributed by atoms with Gasteiger partial charge in [-0.25, -0.2) is 0 Å². The fourth-order valence-corrected chi connectivity index (χ4v) is 1.80. The van der Waals surface area contributed by atoms with Crippen molar-refractivity contribution < 1.29 is 14.3 Å². The topological polar surface area (TPSA) is 35.5 Å². The Balaban J connectivity index is 2.36. The minimum atomic E-state index is -0.378. The second kappa shape index (κ2) is 6.24. The van der Waals surface area contributed by atoms with E-state index in [2.05, 4.69) is 6.92 Å². The van der Waals surface area contributed by atoms with Crippen LogP contribution in [0.5, 0.6) is 0 Å². The SMILES string of the molecule is CCCCC(C)(C)C(=O)OC1CCCCO1. The van der Waals surface area contributed by atoms with Crippen molar-refractivity contribution in [2.75, 3.05) is 6.61 Å². The molecule has 1 aliphatic heterocycles. The maximum atomic E-state index is 11.9. The Morgan fingerprint density at radius 3 is 2.75 bits per heavy atom. The molecular weight excluding hydrogens is 204 g/mol. The average molecular weight is 228 g/mol. The third-order valence-corrected chi connectivity index (χ3v) is 3.08. The summed E-state index contributed by atoms with van der Waals surface area (Å²) in [7, 11) is 0. The van der Waals surface area contributed by atoms with E-state index in [-0.39, 0.29) is 17.7 Å². The highest BCUT2D eigenvalue weighted by Crippen LogP contribution is 2.27. The van der Waals surface area contributed by atoms with Crippen molar-refractivity contribution >= 4 is 5.97 Å². The molecule has 0 aromatic heterocycles. The van der Waals surface area contributed by atoms with Crippen LogP contribution in [-0.2, 0) is 14.3 Å². The summed E-state index contributed by atoms with van der Waals surface area (Å²) < 4.78 is 10.8. The van der Waals surface area contributed by atoms with Crippen LogP contribution in [-0.4, -0.2) is 18.9 Å². The molecule has 0 spiro atoms. The van der Waals surface area contributed by atoms with Gasteiger partial charge in [-0.05, 0) is 33.1 Å². The number of hydrogen-bond donors (Lipinski definition) is 0. The van der Waals surface area contributed by atoms with Gasteiger partial charge in [0, 0.05) is 6.42 Å². The normalized spacial score (nSPS) is 21.8. The average Bonchev–Trinajstić information content (AvgIpc) is 2.28. The summed E-state index contributed by atoms with van der Waals surface area (Å²) >= 11 is 0. The molecule has 3 heteroatoms. The van der Waals surface area contributed by atoms with E-state index in [1.807, 2.05) is 13.8 Å². The maximum Gasteiger partial charge on any atom is 0.313 e. The Labute approximate surface area is 98.5 Å². The molecule has 1 atom stereocenters. The second-order valence-electron chi connectivity index (χ2n) is 5.19. The van der Waals surface area contributed by atoms with Crippen molar-refractivity contribution in [2.24, 2.45) is 5.41 Å². The minimum absolute atomic E-state index is 0.118. The largest absolute Gasteiger partial charge is 0.435 e. The molecule has 1 rings (SSSR count). The molecule has 1 unspecified atom stereocenters. The molecule has 0 aliphatic carbocycles. The summed E-state index contributed by atoms with van der Waals surface area (Å²) in [4.78, 5) is 11.9. The van der Waals surface area contributed by atoms with E-state index < -0.39 is 0 Å². The second-order valence-corrected chi connectivity index (χ2v) is 5.19. The number of carbonyl (C=O) groups excluding carboxylic acids is 1.